The van der Waals surface area contributed by atoms with E-state index in [0.717, 1.165) is 12.0 Å². The maximum atomic E-state index is 13.0. The minimum Gasteiger partial charge on any atom is -0.468 e. The smallest absolute Gasteiger partial charge is 0.327 e. The second-order valence-electron chi connectivity index (χ2n) is 5.10. The van der Waals surface area contributed by atoms with Crippen molar-refractivity contribution in [1.82, 2.24) is 0 Å². The number of methoxy groups -OCH3 is 1. The van der Waals surface area contributed by atoms with Crippen molar-refractivity contribution >= 4 is 15.8 Å². The minimum absolute atomic E-state index is 0.123. The van der Waals surface area contributed by atoms with Gasteiger partial charge in [-0.25, -0.2) is 8.42 Å². The quantitative estimate of drug-likeness (QED) is 0.792. The second-order valence-corrected chi connectivity index (χ2v) is 7.36. The monoisotopic (exact) mass is 312 g/mol. The number of aryl methyl sites for hydroxylation is 1. The van der Waals surface area contributed by atoms with Crippen LogP contribution in [0.15, 0.2) is 29.2 Å². The summed E-state index contributed by atoms with van der Waals surface area (Å²) in [6.45, 7) is 2.47. The molecule has 0 atom stereocenters. The molecule has 0 amide bonds. The maximum absolute atomic E-state index is 13.0. The Morgan fingerprint density at radius 2 is 1.81 bits per heavy atom. The Hall–Kier alpha value is -1.40. The highest BCUT2D eigenvalue weighted by Crippen LogP contribution is 2.36. The lowest BCUT2D eigenvalue weighted by Crippen LogP contribution is -2.51. The van der Waals surface area contributed by atoms with Crippen LogP contribution in [-0.4, -0.2) is 39.5 Å². The lowest BCUT2D eigenvalue weighted by atomic mass is 9.99. The van der Waals surface area contributed by atoms with Crippen molar-refractivity contribution in [1.29, 1.82) is 0 Å². The van der Waals surface area contributed by atoms with E-state index in [1.807, 2.05) is 6.92 Å². The summed E-state index contributed by atoms with van der Waals surface area (Å²) in [6.07, 6.45) is 1.07. The molecule has 1 aliphatic heterocycles. The molecule has 1 fully saturated rings. The van der Waals surface area contributed by atoms with E-state index < -0.39 is 20.6 Å². The Bertz CT molecular complexity index is 597. The predicted molar refractivity (Wildman–Crippen MR) is 77.8 cm³/mol. The average molecular weight is 312 g/mol. The van der Waals surface area contributed by atoms with Gasteiger partial charge in [-0.15, -0.1) is 0 Å². The fourth-order valence-corrected chi connectivity index (χ4v) is 4.55. The van der Waals surface area contributed by atoms with Crippen molar-refractivity contribution in [3.05, 3.63) is 29.8 Å². The molecule has 1 aromatic rings. The number of hydrogen-bond donors (Lipinski definition) is 0. The largest absolute Gasteiger partial charge is 0.468 e. The first-order chi connectivity index (χ1) is 9.98. The Labute approximate surface area is 125 Å². The fourth-order valence-electron chi connectivity index (χ4n) is 2.60. The third-order valence-electron chi connectivity index (χ3n) is 4.01. The van der Waals surface area contributed by atoms with Gasteiger partial charge in [-0.05, 0) is 24.1 Å². The number of hydrogen-bond acceptors (Lipinski definition) is 5. The van der Waals surface area contributed by atoms with Crippen LogP contribution in [0.5, 0.6) is 0 Å². The molecule has 6 heteroatoms. The van der Waals surface area contributed by atoms with Crippen molar-refractivity contribution in [3.63, 3.8) is 0 Å². The van der Waals surface area contributed by atoms with Crippen molar-refractivity contribution < 1.29 is 22.7 Å². The molecule has 0 unspecified atom stereocenters. The van der Waals surface area contributed by atoms with E-state index in [9.17, 15) is 13.2 Å². The molecular weight excluding hydrogens is 292 g/mol. The van der Waals surface area contributed by atoms with Crippen LogP contribution >= 0.6 is 0 Å². The third kappa shape index (κ3) is 2.70. The normalized spacial score (nSPS) is 18.2. The first-order valence-corrected chi connectivity index (χ1v) is 8.46. The van der Waals surface area contributed by atoms with Gasteiger partial charge in [0.2, 0.25) is 0 Å². The van der Waals surface area contributed by atoms with Gasteiger partial charge in [-0.1, -0.05) is 19.1 Å². The maximum Gasteiger partial charge on any atom is 0.327 e. The van der Waals surface area contributed by atoms with E-state index >= 15 is 0 Å². The number of esters is 1. The molecule has 1 heterocycles. The molecule has 21 heavy (non-hydrogen) atoms. The molecule has 0 aromatic heterocycles. The van der Waals surface area contributed by atoms with Gasteiger partial charge >= 0.3 is 5.97 Å². The highest BCUT2D eigenvalue weighted by atomic mass is 32.2. The molecule has 2 rings (SSSR count). The zero-order valence-corrected chi connectivity index (χ0v) is 13.1. The van der Waals surface area contributed by atoms with Gasteiger partial charge in [0, 0.05) is 26.1 Å². The Balaban J connectivity index is 2.48. The van der Waals surface area contributed by atoms with Crippen LogP contribution in [0.4, 0.5) is 0 Å². The van der Waals surface area contributed by atoms with Crippen molar-refractivity contribution in [2.75, 3.05) is 20.3 Å². The standard InChI is InChI=1S/C15H20O5S/c1-3-12-4-6-13(7-5-12)21(17,18)15(14(16)19-2)8-10-20-11-9-15/h4-7H,3,8-11H2,1-2H3. The topological polar surface area (TPSA) is 69.7 Å². The molecule has 0 N–H and O–H groups in total. The van der Waals surface area contributed by atoms with Crippen molar-refractivity contribution in [2.45, 2.75) is 35.8 Å². The molecule has 116 valence electrons. The predicted octanol–water partition coefficient (Wildman–Crippen LogP) is 1.74. The lowest BCUT2D eigenvalue weighted by Gasteiger charge is -2.33. The summed E-state index contributed by atoms with van der Waals surface area (Å²) in [4.78, 5) is 12.3. The van der Waals surface area contributed by atoms with Gasteiger partial charge in [-0.2, -0.15) is 0 Å². The SMILES string of the molecule is CCc1ccc(S(=O)(=O)C2(C(=O)OC)CCOCC2)cc1. The summed E-state index contributed by atoms with van der Waals surface area (Å²) in [5, 5.41) is 0. The summed E-state index contributed by atoms with van der Waals surface area (Å²) in [5.41, 5.74) is 1.05. The minimum atomic E-state index is -3.81. The van der Waals surface area contributed by atoms with Crippen LogP contribution in [-0.2, 0) is 30.5 Å². The fraction of sp³-hybridized carbons (Fsp3) is 0.533. The molecule has 1 saturated heterocycles. The van der Waals surface area contributed by atoms with Gasteiger partial charge in [-0.3, -0.25) is 4.79 Å². The lowest BCUT2D eigenvalue weighted by molar-refractivity contribution is -0.146. The van der Waals surface area contributed by atoms with Gasteiger partial charge in [0.15, 0.2) is 14.6 Å². The summed E-state index contributed by atoms with van der Waals surface area (Å²) < 4.78 is 34.4. The van der Waals surface area contributed by atoms with E-state index in [0.29, 0.717) is 0 Å². The first-order valence-electron chi connectivity index (χ1n) is 6.97. The van der Waals surface area contributed by atoms with Gasteiger partial charge < -0.3 is 9.47 Å². The van der Waals surface area contributed by atoms with E-state index in [4.69, 9.17) is 9.47 Å². The van der Waals surface area contributed by atoms with Crippen LogP contribution in [0.2, 0.25) is 0 Å². The number of ether oxygens (including phenoxy) is 2. The Morgan fingerprint density at radius 1 is 1.24 bits per heavy atom. The van der Waals surface area contributed by atoms with Crippen LogP contribution < -0.4 is 0 Å². The molecular formula is C15H20O5S. The average Bonchev–Trinajstić information content (AvgIpc) is 2.54. The van der Waals surface area contributed by atoms with Crippen molar-refractivity contribution in [3.8, 4) is 0 Å². The first kappa shape index (κ1) is 16.0. The zero-order valence-electron chi connectivity index (χ0n) is 12.3. The molecule has 0 saturated carbocycles. The van der Waals surface area contributed by atoms with Crippen LogP contribution in [0, 0.1) is 0 Å². The third-order valence-corrected chi connectivity index (χ3v) is 6.51. The number of carbonyl (C=O) groups excluding carboxylic acids is 1. The number of rotatable bonds is 4. The Kier molecular flexibility index (Phi) is 4.68. The number of benzene rings is 1. The van der Waals surface area contributed by atoms with Gasteiger partial charge in [0.1, 0.15) is 0 Å². The van der Waals surface area contributed by atoms with E-state index in [1.54, 1.807) is 24.3 Å². The zero-order chi connectivity index (χ0) is 15.5. The Morgan fingerprint density at radius 3 is 2.29 bits per heavy atom. The molecule has 1 aliphatic rings. The summed E-state index contributed by atoms with van der Waals surface area (Å²) in [7, 11) is -2.60. The molecule has 0 bridgehead atoms. The molecule has 0 aliphatic carbocycles. The van der Waals surface area contributed by atoms with Crippen molar-refractivity contribution in [2.24, 2.45) is 0 Å². The van der Waals surface area contributed by atoms with Crippen LogP contribution in [0.1, 0.15) is 25.3 Å². The summed E-state index contributed by atoms with van der Waals surface area (Å²) >= 11 is 0. The highest BCUT2D eigenvalue weighted by molar-refractivity contribution is 7.93. The highest BCUT2D eigenvalue weighted by Gasteiger charge is 2.53. The number of sulfone groups is 1. The summed E-state index contributed by atoms with van der Waals surface area (Å²) in [5.74, 6) is -0.703. The van der Waals surface area contributed by atoms with Crippen LogP contribution in [0.25, 0.3) is 0 Å². The summed E-state index contributed by atoms with van der Waals surface area (Å²) in [6, 6.07) is 6.68. The molecule has 1 aromatic carbocycles. The number of carbonyl (C=O) groups is 1. The molecule has 5 nitrogen and oxygen atoms in total. The molecule has 0 spiro atoms. The van der Waals surface area contributed by atoms with Gasteiger partial charge in [0.25, 0.3) is 0 Å². The molecule has 0 radical (unpaired) electrons. The van der Waals surface area contributed by atoms with Gasteiger partial charge in [0.05, 0.1) is 12.0 Å². The second kappa shape index (κ2) is 6.15. The van der Waals surface area contributed by atoms with E-state index in [-0.39, 0.29) is 31.0 Å². The van der Waals surface area contributed by atoms with E-state index in [1.165, 1.54) is 7.11 Å². The van der Waals surface area contributed by atoms with Crippen LogP contribution in [0.3, 0.4) is 0 Å². The van der Waals surface area contributed by atoms with E-state index in [2.05, 4.69) is 0 Å².